The van der Waals surface area contributed by atoms with Gasteiger partial charge in [0.2, 0.25) is 10.0 Å². The van der Waals surface area contributed by atoms with Crippen LogP contribution >= 0.6 is 0 Å². The van der Waals surface area contributed by atoms with Crippen LogP contribution in [0.2, 0.25) is 0 Å². The summed E-state index contributed by atoms with van der Waals surface area (Å²) in [5.74, 6) is -0.638. The molecule has 0 amide bonds. The van der Waals surface area contributed by atoms with Crippen LogP contribution in [0.4, 0.5) is 0 Å². The van der Waals surface area contributed by atoms with Gasteiger partial charge in [0.1, 0.15) is 5.78 Å². The summed E-state index contributed by atoms with van der Waals surface area (Å²) in [6.07, 6.45) is 0.315. The van der Waals surface area contributed by atoms with E-state index < -0.39 is 22.0 Å². The van der Waals surface area contributed by atoms with E-state index in [0.717, 1.165) is 16.7 Å². The second kappa shape index (κ2) is 9.16. The predicted molar refractivity (Wildman–Crippen MR) is 115 cm³/mol. The van der Waals surface area contributed by atoms with Gasteiger partial charge in [0.15, 0.2) is 0 Å². The van der Waals surface area contributed by atoms with Crippen molar-refractivity contribution in [3.8, 4) is 0 Å². The Labute approximate surface area is 172 Å². The van der Waals surface area contributed by atoms with Crippen molar-refractivity contribution in [2.24, 2.45) is 0 Å². The van der Waals surface area contributed by atoms with Crippen molar-refractivity contribution in [2.45, 2.75) is 37.1 Å². The normalized spacial score (nSPS) is 13.6. The highest BCUT2D eigenvalue weighted by atomic mass is 32.2. The average molecular weight is 408 g/mol. The third kappa shape index (κ3) is 5.00. The summed E-state index contributed by atoms with van der Waals surface area (Å²) in [4.78, 5) is 13.1. The molecule has 0 spiro atoms. The molecule has 3 rings (SSSR count). The van der Waals surface area contributed by atoms with Crippen LogP contribution in [0.5, 0.6) is 0 Å². The van der Waals surface area contributed by atoms with E-state index in [-0.39, 0.29) is 10.7 Å². The number of aryl methyl sites for hydroxylation is 1. The summed E-state index contributed by atoms with van der Waals surface area (Å²) in [6.45, 7) is 3.71. The number of benzene rings is 3. The van der Waals surface area contributed by atoms with E-state index in [0.29, 0.717) is 6.42 Å². The van der Waals surface area contributed by atoms with Gasteiger partial charge in [-0.3, -0.25) is 4.79 Å². The molecule has 0 aromatic heterocycles. The first-order chi connectivity index (χ1) is 13.9. The predicted octanol–water partition coefficient (Wildman–Crippen LogP) is 4.78. The molecule has 1 N–H and O–H groups in total. The molecule has 0 aliphatic carbocycles. The summed E-state index contributed by atoms with van der Waals surface area (Å²) in [6, 6.07) is 24.6. The molecule has 0 unspecified atom stereocenters. The van der Waals surface area contributed by atoms with Gasteiger partial charge in [-0.15, -0.1) is 0 Å². The Morgan fingerprint density at radius 3 is 1.86 bits per heavy atom. The maximum atomic E-state index is 13.2. The highest BCUT2D eigenvalue weighted by Crippen LogP contribution is 2.34. The van der Waals surface area contributed by atoms with Crippen molar-refractivity contribution in [3.05, 3.63) is 102 Å². The first-order valence-electron chi connectivity index (χ1n) is 9.64. The standard InChI is InChI=1S/C24H25NO3S/c1-3-22(26)23(19-10-6-4-7-11-19)24(20-12-8-5-9-13-20)25-29(27,28)21-16-14-18(2)15-17-21/h4-17,23-25H,3H2,1-2H3/t23-,24-/m1/s1. The molecule has 5 heteroatoms. The molecule has 3 aromatic rings. The third-order valence-corrected chi connectivity index (χ3v) is 6.42. The fourth-order valence-corrected chi connectivity index (χ4v) is 4.62. The van der Waals surface area contributed by atoms with Crippen LogP contribution in [0, 0.1) is 6.92 Å². The Bertz CT molecular complexity index is 1050. The lowest BCUT2D eigenvalue weighted by atomic mass is 9.83. The molecule has 0 fully saturated rings. The van der Waals surface area contributed by atoms with E-state index in [2.05, 4.69) is 4.72 Å². The SMILES string of the molecule is CCC(=O)[C@@H](c1ccccc1)[C@H](NS(=O)(=O)c1ccc(C)cc1)c1ccccc1. The van der Waals surface area contributed by atoms with E-state index in [1.807, 2.05) is 67.6 Å². The van der Waals surface area contributed by atoms with E-state index in [9.17, 15) is 13.2 Å². The monoisotopic (exact) mass is 407 g/mol. The number of carbonyl (C=O) groups excluding carboxylic acids is 1. The molecule has 0 radical (unpaired) electrons. The topological polar surface area (TPSA) is 63.2 Å². The van der Waals surface area contributed by atoms with Crippen LogP contribution in [0.15, 0.2) is 89.8 Å². The molecule has 2 atom stereocenters. The fourth-order valence-electron chi connectivity index (χ4n) is 3.39. The van der Waals surface area contributed by atoms with E-state index in [4.69, 9.17) is 0 Å². The molecule has 29 heavy (non-hydrogen) atoms. The zero-order valence-electron chi connectivity index (χ0n) is 16.6. The van der Waals surface area contributed by atoms with Crippen molar-refractivity contribution >= 4 is 15.8 Å². The van der Waals surface area contributed by atoms with Crippen LogP contribution in [-0.2, 0) is 14.8 Å². The molecule has 3 aromatic carbocycles. The lowest BCUT2D eigenvalue weighted by molar-refractivity contribution is -0.120. The van der Waals surface area contributed by atoms with Gasteiger partial charge in [0.05, 0.1) is 16.9 Å². The van der Waals surface area contributed by atoms with Crippen molar-refractivity contribution in [2.75, 3.05) is 0 Å². The molecular weight excluding hydrogens is 382 g/mol. The van der Waals surface area contributed by atoms with Gasteiger partial charge in [0.25, 0.3) is 0 Å². The average Bonchev–Trinajstić information content (AvgIpc) is 2.74. The van der Waals surface area contributed by atoms with Crippen molar-refractivity contribution in [1.82, 2.24) is 4.72 Å². The highest BCUT2D eigenvalue weighted by Gasteiger charge is 2.33. The smallest absolute Gasteiger partial charge is 0.241 e. The minimum atomic E-state index is -3.82. The van der Waals surface area contributed by atoms with Gasteiger partial charge in [-0.1, -0.05) is 85.3 Å². The lowest BCUT2D eigenvalue weighted by Crippen LogP contribution is -2.35. The summed E-state index contributed by atoms with van der Waals surface area (Å²) < 4.78 is 29.1. The summed E-state index contributed by atoms with van der Waals surface area (Å²) in [5.41, 5.74) is 2.52. The zero-order chi connectivity index (χ0) is 20.9. The summed E-state index contributed by atoms with van der Waals surface area (Å²) in [7, 11) is -3.82. The number of rotatable bonds is 8. The van der Waals surface area contributed by atoms with Crippen LogP contribution < -0.4 is 4.72 Å². The van der Waals surface area contributed by atoms with Gasteiger partial charge < -0.3 is 0 Å². The number of hydrogen-bond acceptors (Lipinski definition) is 3. The molecule has 0 bridgehead atoms. The first kappa shape index (κ1) is 21.0. The van der Waals surface area contributed by atoms with Crippen LogP contribution in [0.1, 0.15) is 42.0 Å². The van der Waals surface area contributed by atoms with Crippen LogP contribution in [0.25, 0.3) is 0 Å². The summed E-state index contributed by atoms with van der Waals surface area (Å²) >= 11 is 0. The quantitative estimate of drug-likeness (QED) is 0.585. The second-order valence-corrected chi connectivity index (χ2v) is 8.74. The minimum absolute atomic E-state index is 0.0170. The largest absolute Gasteiger partial charge is 0.299 e. The molecule has 0 saturated heterocycles. The van der Waals surface area contributed by atoms with Gasteiger partial charge in [-0.25, -0.2) is 13.1 Å². The number of carbonyl (C=O) groups is 1. The Morgan fingerprint density at radius 1 is 0.828 bits per heavy atom. The van der Waals surface area contributed by atoms with Gasteiger partial charge in [-0.05, 0) is 30.2 Å². The molecular formula is C24H25NO3S. The maximum Gasteiger partial charge on any atom is 0.241 e. The molecule has 4 nitrogen and oxygen atoms in total. The Kier molecular flexibility index (Phi) is 6.62. The second-order valence-electron chi connectivity index (χ2n) is 7.03. The number of Topliss-reactive ketones (excluding diaryl/α,β-unsaturated/α-hetero) is 1. The van der Waals surface area contributed by atoms with Gasteiger partial charge >= 0.3 is 0 Å². The van der Waals surface area contributed by atoms with Crippen LogP contribution in [-0.4, -0.2) is 14.2 Å². The maximum absolute atomic E-state index is 13.2. The molecule has 0 heterocycles. The zero-order valence-corrected chi connectivity index (χ0v) is 17.4. The number of hydrogen-bond donors (Lipinski definition) is 1. The summed E-state index contributed by atoms with van der Waals surface area (Å²) in [5, 5.41) is 0. The number of nitrogens with one attached hydrogen (secondary N) is 1. The van der Waals surface area contributed by atoms with Crippen molar-refractivity contribution in [1.29, 1.82) is 0 Å². The van der Waals surface area contributed by atoms with E-state index in [1.54, 1.807) is 31.2 Å². The van der Waals surface area contributed by atoms with Gasteiger partial charge in [-0.2, -0.15) is 0 Å². The third-order valence-electron chi connectivity index (χ3n) is 4.96. The number of ketones is 1. The minimum Gasteiger partial charge on any atom is -0.299 e. The van der Waals surface area contributed by atoms with Crippen molar-refractivity contribution < 1.29 is 13.2 Å². The Morgan fingerprint density at radius 2 is 1.34 bits per heavy atom. The molecule has 150 valence electrons. The van der Waals surface area contributed by atoms with Crippen molar-refractivity contribution in [3.63, 3.8) is 0 Å². The highest BCUT2D eigenvalue weighted by molar-refractivity contribution is 7.89. The molecule has 0 aliphatic rings. The Balaban J connectivity index is 2.09. The first-order valence-corrected chi connectivity index (χ1v) is 11.1. The van der Waals surface area contributed by atoms with E-state index in [1.165, 1.54) is 0 Å². The van der Waals surface area contributed by atoms with Gasteiger partial charge in [0, 0.05) is 6.42 Å². The molecule has 0 saturated carbocycles. The molecule has 0 aliphatic heterocycles. The number of sulfonamides is 1. The lowest BCUT2D eigenvalue weighted by Gasteiger charge is -2.28. The van der Waals surface area contributed by atoms with E-state index >= 15 is 0 Å². The van der Waals surface area contributed by atoms with Crippen LogP contribution in [0.3, 0.4) is 0 Å². The fraction of sp³-hybridized carbons (Fsp3) is 0.208. The Hall–Kier alpha value is -2.76.